The van der Waals surface area contributed by atoms with Gasteiger partial charge in [0.25, 0.3) is 5.91 Å². The van der Waals surface area contributed by atoms with Crippen molar-refractivity contribution in [3.63, 3.8) is 0 Å². The number of sulfonamides is 1. The molecule has 3 rings (SSSR count). The summed E-state index contributed by atoms with van der Waals surface area (Å²) in [5.74, 6) is -0.301. The van der Waals surface area contributed by atoms with Gasteiger partial charge in [-0.15, -0.1) is 19.0 Å². The molecule has 1 unspecified atom stereocenters. The Bertz CT molecular complexity index is 976. The van der Waals surface area contributed by atoms with Gasteiger partial charge in [0.1, 0.15) is 0 Å². The highest BCUT2D eigenvalue weighted by Crippen LogP contribution is 2.31. The second-order valence-corrected chi connectivity index (χ2v) is 8.31. The van der Waals surface area contributed by atoms with Crippen LogP contribution in [0.15, 0.2) is 60.0 Å². The average Bonchev–Trinajstić information content (AvgIpc) is 2.66. The topological polar surface area (TPSA) is 101 Å². The van der Waals surface area contributed by atoms with Crippen LogP contribution in [0.2, 0.25) is 0 Å². The van der Waals surface area contributed by atoms with E-state index < -0.39 is 10.0 Å². The Balaban J connectivity index is 0.00000280. The van der Waals surface area contributed by atoms with Gasteiger partial charge in [-0.05, 0) is 60.7 Å². The van der Waals surface area contributed by atoms with Gasteiger partial charge >= 0.3 is 0 Å². The molecule has 0 aliphatic heterocycles. The SMILES string of the molecule is C=CCNS(=O)(=O)c1cccc(C(=O)NC2CCCc3cc(N)ccc32)c1.Cl. The third-order valence-corrected chi connectivity index (χ3v) is 6.03. The highest BCUT2D eigenvalue weighted by Gasteiger charge is 2.23. The van der Waals surface area contributed by atoms with E-state index in [1.165, 1.54) is 18.2 Å². The molecule has 0 saturated carbocycles. The largest absolute Gasteiger partial charge is 0.399 e. The molecule has 0 heterocycles. The molecule has 1 aliphatic carbocycles. The fourth-order valence-corrected chi connectivity index (χ4v) is 4.33. The van der Waals surface area contributed by atoms with Crippen molar-refractivity contribution in [1.29, 1.82) is 0 Å². The van der Waals surface area contributed by atoms with Crippen LogP contribution >= 0.6 is 12.4 Å². The Morgan fingerprint density at radius 1 is 1.25 bits per heavy atom. The maximum absolute atomic E-state index is 12.7. The molecule has 6 nitrogen and oxygen atoms in total. The molecule has 0 spiro atoms. The van der Waals surface area contributed by atoms with Crippen molar-refractivity contribution in [3.8, 4) is 0 Å². The summed E-state index contributed by atoms with van der Waals surface area (Å²) in [5.41, 5.74) is 9.09. The van der Waals surface area contributed by atoms with E-state index >= 15 is 0 Å². The van der Waals surface area contributed by atoms with Crippen LogP contribution < -0.4 is 15.8 Å². The molecular formula is C20H24ClN3O3S. The second kappa shape index (κ2) is 9.23. The van der Waals surface area contributed by atoms with Crippen LogP contribution in [0.25, 0.3) is 0 Å². The molecule has 1 amide bonds. The van der Waals surface area contributed by atoms with Gasteiger partial charge < -0.3 is 11.1 Å². The summed E-state index contributed by atoms with van der Waals surface area (Å²) < 4.78 is 26.9. The second-order valence-electron chi connectivity index (χ2n) is 6.54. The van der Waals surface area contributed by atoms with E-state index in [9.17, 15) is 13.2 Å². The minimum atomic E-state index is -3.68. The molecule has 0 fully saturated rings. The van der Waals surface area contributed by atoms with Crippen LogP contribution in [0, 0.1) is 0 Å². The Hall–Kier alpha value is -2.35. The first kappa shape index (κ1) is 21.9. The van der Waals surface area contributed by atoms with Crippen LogP contribution in [-0.2, 0) is 16.4 Å². The summed E-state index contributed by atoms with van der Waals surface area (Å²) in [6.07, 6.45) is 4.19. The number of hydrogen-bond acceptors (Lipinski definition) is 4. The van der Waals surface area contributed by atoms with E-state index in [2.05, 4.69) is 16.6 Å². The van der Waals surface area contributed by atoms with Crippen molar-refractivity contribution in [3.05, 3.63) is 71.8 Å². The minimum absolute atomic E-state index is 0. The number of nitrogens with one attached hydrogen (secondary N) is 2. The predicted octanol–water partition coefficient (Wildman–Crippen LogP) is 2.96. The molecule has 1 aliphatic rings. The maximum atomic E-state index is 12.7. The maximum Gasteiger partial charge on any atom is 0.251 e. The van der Waals surface area contributed by atoms with Gasteiger partial charge in [0.05, 0.1) is 10.9 Å². The molecule has 2 aromatic rings. The van der Waals surface area contributed by atoms with Gasteiger partial charge in [-0.2, -0.15) is 0 Å². The van der Waals surface area contributed by atoms with Gasteiger partial charge in [-0.1, -0.05) is 18.2 Å². The zero-order chi connectivity index (χ0) is 19.4. The number of hydrogen-bond donors (Lipinski definition) is 3. The Kier molecular flexibility index (Phi) is 7.23. The Morgan fingerprint density at radius 2 is 2.04 bits per heavy atom. The number of anilines is 1. The number of aryl methyl sites for hydroxylation is 1. The molecule has 0 bridgehead atoms. The quantitative estimate of drug-likeness (QED) is 0.493. The summed E-state index contributed by atoms with van der Waals surface area (Å²) in [5, 5.41) is 3.02. The molecule has 0 aromatic heterocycles. The standard InChI is InChI=1S/C20H23N3O3S.ClH/c1-2-11-22-27(25,26)17-7-3-6-15(13-17)20(24)23-19-8-4-5-14-12-16(21)9-10-18(14)19;/h2-3,6-7,9-10,12-13,19,22H,1,4-5,8,11,21H2,(H,23,24);1H. The highest BCUT2D eigenvalue weighted by molar-refractivity contribution is 7.89. The lowest BCUT2D eigenvalue weighted by Gasteiger charge is -2.26. The lowest BCUT2D eigenvalue weighted by atomic mass is 9.87. The molecule has 28 heavy (non-hydrogen) atoms. The average molecular weight is 422 g/mol. The molecule has 2 aromatic carbocycles. The molecule has 0 radical (unpaired) electrons. The fourth-order valence-electron chi connectivity index (χ4n) is 3.28. The third kappa shape index (κ3) is 4.92. The first-order valence-electron chi connectivity index (χ1n) is 8.80. The van der Waals surface area contributed by atoms with Gasteiger partial charge in [0, 0.05) is 17.8 Å². The van der Waals surface area contributed by atoms with E-state index in [0.29, 0.717) is 11.3 Å². The summed E-state index contributed by atoms with van der Waals surface area (Å²) in [6, 6.07) is 11.6. The third-order valence-electron chi connectivity index (χ3n) is 4.61. The summed E-state index contributed by atoms with van der Waals surface area (Å²) >= 11 is 0. The number of amides is 1. The first-order chi connectivity index (χ1) is 12.9. The van der Waals surface area contributed by atoms with E-state index in [-0.39, 0.29) is 35.8 Å². The van der Waals surface area contributed by atoms with Crippen LogP contribution in [0.3, 0.4) is 0 Å². The number of nitrogens with two attached hydrogens (primary N) is 1. The zero-order valence-corrected chi connectivity index (χ0v) is 17.0. The molecule has 1 atom stereocenters. The number of rotatable bonds is 6. The number of benzene rings is 2. The summed E-state index contributed by atoms with van der Waals surface area (Å²) in [6.45, 7) is 3.62. The monoisotopic (exact) mass is 421 g/mol. The number of fused-ring (bicyclic) bond motifs is 1. The molecule has 8 heteroatoms. The summed E-state index contributed by atoms with van der Waals surface area (Å²) in [4.78, 5) is 12.8. The Labute approximate surface area is 171 Å². The van der Waals surface area contributed by atoms with Crippen LogP contribution in [0.1, 0.15) is 40.4 Å². The smallest absolute Gasteiger partial charge is 0.251 e. The molecule has 4 N–H and O–H groups in total. The van der Waals surface area contributed by atoms with Crippen molar-refractivity contribution in [1.82, 2.24) is 10.0 Å². The number of nitrogen functional groups attached to an aromatic ring is 1. The lowest BCUT2D eigenvalue weighted by molar-refractivity contribution is 0.0932. The highest BCUT2D eigenvalue weighted by atomic mass is 35.5. The van der Waals surface area contributed by atoms with Crippen LogP contribution in [0.4, 0.5) is 5.69 Å². The van der Waals surface area contributed by atoms with Gasteiger partial charge in [0.2, 0.25) is 10.0 Å². The lowest BCUT2D eigenvalue weighted by Crippen LogP contribution is -2.31. The van der Waals surface area contributed by atoms with Crippen LogP contribution in [-0.4, -0.2) is 20.9 Å². The molecule has 0 saturated heterocycles. The number of carbonyl (C=O) groups excluding carboxylic acids is 1. The van der Waals surface area contributed by atoms with Crippen molar-refractivity contribution in [2.75, 3.05) is 12.3 Å². The predicted molar refractivity (Wildman–Crippen MR) is 113 cm³/mol. The normalized spacial score (nSPS) is 15.8. The van der Waals surface area contributed by atoms with Crippen molar-refractivity contribution in [2.45, 2.75) is 30.2 Å². The van der Waals surface area contributed by atoms with Gasteiger partial charge in [-0.3, -0.25) is 4.79 Å². The summed E-state index contributed by atoms with van der Waals surface area (Å²) in [7, 11) is -3.68. The van der Waals surface area contributed by atoms with E-state index in [0.717, 1.165) is 30.4 Å². The number of carbonyl (C=O) groups is 1. The van der Waals surface area contributed by atoms with Gasteiger partial charge in [-0.25, -0.2) is 13.1 Å². The fraction of sp³-hybridized carbons (Fsp3) is 0.250. The van der Waals surface area contributed by atoms with Crippen molar-refractivity contribution < 1.29 is 13.2 Å². The van der Waals surface area contributed by atoms with Crippen LogP contribution in [0.5, 0.6) is 0 Å². The molecule has 150 valence electrons. The first-order valence-corrected chi connectivity index (χ1v) is 10.3. The van der Waals surface area contributed by atoms with E-state index in [4.69, 9.17) is 5.73 Å². The van der Waals surface area contributed by atoms with Crippen molar-refractivity contribution >= 4 is 34.0 Å². The number of halogens is 1. The zero-order valence-electron chi connectivity index (χ0n) is 15.4. The Morgan fingerprint density at radius 3 is 2.79 bits per heavy atom. The molecular weight excluding hydrogens is 398 g/mol. The van der Waals surface area contributed by atoms with Crippen molar-refractivity contribution in [2.24, 2.45) is 0 Å². The minimum Gasteiger partial charge on any atom is -0.399 e. The van der Waals surface area contributed by atoms with E-state index in [1.807, 2.05) is 18.2 Å². The van der Waals surface area contributed by atoms with Gasteiger partial charge in [0.15, 0.2) is 0 Å². The van der Waals surface area contributed by atoms with E-state index in [1.54, 1.807) is 12.1 Å².